The van der Waals surface area contributed by atoms with Gasteiger partial charge in [0.05, 0.1) is 11.6 Å². The summed E-state index contributed by atoms with van der Waals surface area (Å²) in [5.41, 5.74) is 2.05. The number of hydrogen-bond acceptors (Lipinski definition) is 3. The largest absolute Gasteiger partial charge is 0.314 e. The summed E-state index contributed by atoms with van der Waals surface area (Å²) in [6.45, 7) is 10.2. The molecule has 0 aromatic heterocycles. The van der Waals surface area contributed by atoms with Crippen LogP contribution in [0.3, 0.4) is 0 Å². The van der Waals surface area contributed by atoms with E-state index < -0.39 is 0 Å². The van der Waals surface area contributed by atoms with Crippen LogP contribution in [0.4, 0.5) is 0 Å². The van der Waals surface area contributed by atoms with Gasteiger partial charge in [-0.3, -0.25) is 4.90 Å². The lowest BCUT2D eigenvalue weighted by Gasteiger charge is -2.37. The highest BCUT2D eigenvalue weighted by molar-refractivity contribution is 5.32. The SMILES string of the molecule is CC(C)NCC1CCCN(C(C)c2ccc(C#N)cc2)C1. The Kier molecular flexibility index (Phi) is 5.78. The zero-order valence-corrected chi connectivity index (χ0v) is 13.5. The lowest BCUT2D eigenvalue weighted by atomic mass is 9.94. The van der Waals surface area contributed by atoms with Gasteiger partial charge in [-0.25, -0.2) is 0 Å². The molecule has 2 rings (SSSR count). The molecule has 0 amide bonds. The van der Waals surface area contributed by atoms with Crippen LogP contribution in [-0.4, -0.2) is 30.6 Å². The van der Waals surface area contributed by atoms with E-state index in [1.807, 2.05) is 12.1 Å². The van der Waals surface area contributed by atoms with Crippen molar-refractivity contribution in [3.63, 3.8) is 0 Å². The number of nitriles is 1. The Morgan fingerprint density at radius 1 is 1.29 bits per heavy atom. The van der Waals surface area contributed by atoms with Crippen LogP contribution < -0.4 is 5.32 Å². The molecule has 2 unspecified atom stereocenters. The zero-order valence-electron chi connectivity index (χ0n) is 13.5. The molecule has 114 valence electrons. The number of likely N-dealkylation sites (tertiary alicyclic amines) is 1. The third-order valence-corrected chi connectivity index (χ3v) is 4.44. The summed E-state index contributed by atoms with van der Waals surface area (Å²) in [5.74, 6) is 0.752. The number of hydrogen-bond donors (Lipinski definition) is 1. The van der Waals surface area contributed by atoms with Gasteiger partial charge in [-0.15, -0.1) is 0 Å². The second kappa shape index (κ2) is 7.59. The molecule has 1 aliphatic heterocycles. The van der Waals surface area contributed by atoms with Gasteiger partial charge in [0.25, 0.3) is 0 Å². The smallest absolute Gasteiger partial charge is 0.0991 e. The van der Waals surface area contributed by atoms with E-state index in [1.54, 1.807) is 0 Å². The Morgan fingerprint density at radius 3 is 2.62 bits per heavy atom. The van der Waals surface area contributed by atoms with Crippen molar-refractivity contribution in [2.24, 2.45) is 5.92 Å². The molecule has 21 heavy (non-hydrogen) atoms. The minimum atomic E-state index is 0.430. The number of benzene rings is 1. The van der Waals surface area contributed by atoms with Crippen molar-refractivity contribution < 1.29 is 0 Å². The molecular formula is C18H27N3. The molecule has 1 aromatic carbocycles. The minimum Gasteiger partial charge on any atom is -0.314 e. The summed E-state index contributed by atoms with van der Waals surface area (Å²) in [6, 6.07) is 11.2. The van der Waals surface area contributed by atoms with Crippen LogP contribution in [0.1, 0.15) is 50.8 Å². The third kappa shape index (κ3) is 4.56. The van der Waals surface area contributed by atoms with Crippen molar-refractivity contribution in [1.82, 2.24) is 10.2 Å². The summed E-state index contributed by atoms with van der Waals surface area (Å²) in [6.07, 6.45) is 2.61. The average molecular weight is 285 g/mol. The summed E-state index contributed by atoms with van der Waals surface area (Å²) in [7, 11) is 0. The standard InChI is InChI=1S/C18H27N3/c1-14(2)20-12-17-5-4-10-21(13-17)15(3)18-8-6-16(11-19)7-9-18/h6-9,14-15,17,20H,4-5,10,12-13H2,1-3H3. The lowest BCUT2D eigenvalue weighted by molar-refractivity contribution is 0.129. The first-order chi connectivity index (χ1) is 10.1. The second-order valence-corrected chi connectivity index (χ2v) is 6.48. The predicted molar refractivity (Wildman–Crippen MR) is 87.0 cm³/mol. The van der Waals surface area contributed by atoms with Gasteiger partial charge in [0.2, 0.25) is 0 Å². The summed E-state index contributed by atoms with van der Waals surface area (Å²) in [5, 5.41) is 12.5. The Labute approximate surface area is 129 Å². The van der Waals surface area contributed by atoms with Gasteiger partial charge in [-0.1, -0.05) is 26.0 Å². The van der Waals surface area contributed by atoms with Gasteiger partial charge < -0.3 is 5.32 Å². The van der Waals surface area contributed by atoms with E-state index in [-0.39, 0.29) is 0 Å². The van der Waals surface area contributed by atoms with Crippen molar-refractivity contribution in [3.8, 4) is 6.07 Å². The Morgan fingerprint density at radius 2 is 2.00 bits per heavy atom. The topological polar surface area (TPSA) is 39.1 Å². The highest BCUT2D eigenvalue weighted by atomic mass is 15.2. The van der Waals surface area contributed by atoms with Crippen LogP contribution in [0.2, 0.25) is 0 Å². The number of nitrogens with one attached hydrogen (secondary N) is 1. The Balaban J connectivity index is 1.94. The van der Waals surface area contributed by atoms with Crippen LogP contribution in [0.15, 0.2) is 24.3 Å². The number of piperidine rings is 1. The fraction of sp³-hybridized carbons (Fsp3) is 0.611. The highest BCUT2D eigenvalue weighted by Crippen LogP contribution is 2.26. The summed E-state index contributed by atoms with van der Waals surface area (Å²) in [4.78, 5) is 2.58. The van der Waals surface area contributed by atoms with Gasteiger partial charge in [0.15, 0.2) is 0 Å². The normalized spacial score (nSPS) is 21.2. The van der Waals surface area contributed by atoms with E-state index in [2.05, 4.69) is 49.2 Å². The first kappa shape index (κ1) is 16.0. The van der Waals surface area contributed by atoms with Gasteiger partial charge in [-0.2, -0.15) is 5.26 Å². The molecule has 2 atom stereocenters. The van der Waals surface area contributed by atoms with Crippen molar-refractivity contribution >= 4 is 0 Å². The van der Waals surface area contributed by atoms with E-state index in [0.29, 0.717) is 12.1 Å². The third-order valence-electron chi connectivity index (χ3n) is 4.44. The molecule has 1 heterocycles. The Bertz CT molecular complexity index is 472. The van der Waals surface area contributed by atoms with Crippen LogP contribution in [0.25, 0.3) is 0 Å². The molecule has 1 aromatic rings. The van der Waals surface area contributed by atoms with E-state index in [0.717, 1.165) is 18.0 Å². The number of nitrogens with zero attached hydrogens (tertiary/aromatic N) is 2. The average Bonchev–Trinajstić information content (AvgIpc) is 2.52. The van der Waals surface area contributed by atoms with Gasteiger partial charge >= 0.3 is 0 Å². The van der Waals surface area contributed by atoms with Crippen LogP contribution in [0.5, 0.6) is 0 Å². The zero-order chi connectivity index (χ0) is 15.2. The van der Waals surface area contributed by atoms with Gasteiger partial charge in [0.1, 0.15) is 0 Å². The van der Waals surface area contributed by atoms with E-state index in [4.69, 9.17) is 5.26 Å². The van der Waals surface area contributed by atoms with Gasteiger partial charge in [-0.05, 0) is 56.5 Å². The van der Waals surface area contributed by atoms with Crippen LogP contribution >= 0.6 is 0 Å². The predicted octanol–water partition coefficient (Wildman–Crippen LogP) is 3.33. The summed E-state index contributed by atoms with van der Waals surface area (Å²) >= 11 is 0. The van der Waals surface area contributed by atoms with E-state index >= 15 is 0 Å². The molecule has 3 nitrogen and oxygen atoms in total. The maximum atomic E-state index is 8.89. The fourth-order valence-corrected chi connectivity index (χ4v) is 3.07. The quantitative estimate of drug-likeness (QED) is 0.902. The van der Waals surface area contributed by atoms with Crippen LogP contribution in [0, 0.1) is 17.2 Å². The number of rotatable bonds is 5. The van der Waals surface area contributed by atoms with Crippen molar-refractivity contribution in [3.05, 3.63) is 35.4 Å². The maximum Gasteiger partial charge on any atom is 0.0991 e. The van der Waals surface area contributed by atoms with Crippen molar-refractivity contribution in [2.75, 3.05) is 19.6 Å². The molecular weight excluding hydrogens is 258 g/mol. The van der Waals surface area contributed by atoms with Gasteiger partial charge in [0, 0.05) is 18.6 Å². The molecule has 1 fully saturated rings. The monoisotopic (exact) mass is 285 g/mol. The summed E-state index contributed by atoms with van der Waals surface area (Å²) < 4.78 is 0. The van der Waals surface area contributed by atoms with Crippen molar-refractivity contribution in [1.29, 1.82) is 5.26 Å². The molecule has 1 saturated heterocycles. The molecule has 1 aliphatic rings. The molecule has 0 radical (unpaired) electrons. The van der Waals surface area contributed by atoms with Crippen molar-refractivity contribution in [2.45, 2.75) is 45.7 Å². The molecule has 0 bridgehead atoms. The molecule has 0 aliphatic carbocycles. The van der Waals surface area contributed by atoms with E-state index in [1.165, 1.54) is 31.5 Å². The van der Waals surface area contributed by atoms with E-state index in [9.17, 15) is 0 Å². The maximum absolute atomic E-state index is 8.89. The first-order valence-corrected chi connectivity index (χ1v) is 8.07. The lowest BCUT2D eigenvalue weighted by Crippen LogP contribution is -2.41. The molecule has 3 heteroatoms. The second-order valence-electron chi connectivity index (χ2n) is 6.48. The molecule has 1 N–H and O–H groups in total. The molecule has 0 saturated carbocycles. The highest BCUT2D eigenvalue weighted by Gasteiger charge is 2.24. The Hall–Kier alpha value is -1.37. The molecule has 0 spiro atoms. The van der Waals surface area contributed by atoms with Crippen LogP contribution in [-0.2, 0) is 0 Å². The first-order valence-electron chi connectivity index (χ1n) is 8.07. The minimum absolute atomic E-state index is 0.430. The fourth-order valence-electron chi connectivity index (χ4n) is 3.07.